The number of carbonyl (C=O) groups is 1. The standard InChI is InChI=1S/C25H31N5O2/c1-25(2,3)32-24(31)30-12-10-18(11-13-30)17-4-6-21(7-5-17)29-23-14-22(28-20-8-9-20)19(15-26)16-27-23/h4-7,14,16,18,20H,8-13H2,1-3H3,(H2,27,28,29). The van der Waals surface area contributed by atoms with Gasteiger partial charge in [0, 0.05) is 37.1 Å². The van der Waals surface area contributed by atoms with Gasteiger partial charge in [-0.1, -0.05) is 12.1 Å². The molecule has 0 atom stereocenters. The summed E-state index contributed by atoms with van der Waals surface area (Å²) >= 11 is 0. The number of piperidine rings is 1. The summed E-state index contributed by atoms with van der Waals surface area (Å²) in [6, 6.07) is 13.0. The molecule has 0 radical (unpaired) electrons. The molecule has 0 unspecified atom stereocenters. The molecular formula is C25H31N5O2. The van der Waals surface area contributed by atoms with E-state index >= 15 is 0 Å². The highest BCUT2D eigenvalue weighted by Gasteiger charge is 2.27. The number of nitrogens with zero attached hydrogens (tertiary/aromatic N) is 3. The number of nitrogens with one attached hydrogen (secondary N) is 2. The van der Waals surface area contributed by atoms with E-state index in [0.29, 0.717) is 36.4 Å². The minimum Gasteiger partial charge on any atom is -0.444 e. The van der Waals surface area contributed by atoms with Gasteiger partial charge < -0.3 is 20.3 Å². The van der Waals surface area contributed by atoms with Crippen LogP contribution in [-0.2, 0) is 4.74 Å². The molecule has 1 aromatic heterocycles. The summed E-state index contributed by atoms with van der Waals surface area (Å²) in [6.45, 7) is 7.11. The fourth-order valence-corrected chi connectivity index (χ4v) is 3.89. The molecule has 7 heteroatoms. The molecule has 2 fully saturated rings. The lowest BCUT2D eigenvalue weighted by atomic mass is 9.89. The van der Waals surface area contributed by atoms with Gasteiger partial charge in [0.15, 0.2) is 0 Å². The summed E-state index contributed by atoms with van der Waals surface area (Å²) in [7, 11) is 0. The number of nitriles is 1. The molecule has 2 aliphatic rings. The number of hydrogen-bond donors (Lipinski definition) is 2. The van der Waals surface area contributed by atoms with Gasteiger partial charge >= 0.3 is 6.09 Å². The van der Waals surface area contributed by atoms with Crippen molar-refractivity contribution in [2.24, 2.45) is 0 Å². The smallest absolute Gasteiger partial charge is 0.410 e. The van der Waals surface area contributed by atoms with Crippen LogP contribution in [0.15, 0.2) is 36.5 Å². The predicted molar refractivity (Wildman–Crippen MR) is 125 cm³/mol. The summed E-state index contributed by atoms with van der Waals surface area (Å²) < 4.78 is 5.49. The molecule has 0 bridgehead atoms. The largest absolute Gasteiger partial charge is 0.444 e. The summed E-state index contributed by atoms with van der Waals surface area (Å²) in [5.74, 6) is 1.15. The molecule has 2 aromatic rings. The molecule has 4 rings (SSSR count). The molecule has 32 heavy (non-hydrogen) atoms. The Bertz CT molecular complexity index is 994. The minimum absolute atomic E-state index is 0.221. The first-order valence-corrected chi connectivity index (χ1v) is 11.3. The zero-order valence-corrected chi connectivity index (χ0v) is 19.0. The lowest BCUT2D eigenvalue weighted by Gasteiger charge is -2.33. The Labute approximate surface area is 189 Å². The Hall–Kier alpha value is -3.27. The van der Waals surface area contributed by atoms with E-state index in [4.69, 9.17) is 4.74 Å². The average Bonchev–Trinajstić information content (AvgIpc) is 3.58. The number of ether oxygens (including phenoxy) is 1. The molecule has 2 heterocycles. The maximum absolute atomic E-state index is 12.3. The van der Waals surface area contributed by atoms with E-state index in [9.17, 15) is 10.1 Å². The van der Waals surface area contributed by atoms with E-state index in [2.05, 4.69) is 46.0 Å². The van der Waals surface area contributed by atoms with Crippen LogP contribution in [0.3, 0.4) is 0 Å². The van der Waals surface area contributed by atoms with E-state index in [1.807, 2.05) is 31.7 Å². The van der Waals surface area contributed by atoms with Crippen molar-refractivity contribution in [1.82, 2.24) is 9.88 Å². The van der Waals surface area contributed by atoms with Crippen LogP contribution in [0.4, 0.5) is 22.0 Å². The van der Waals surface area contributed by atoms with E-state index in [1.165, 1.54) is 5.56 Å². The van der Waals surface area contributed by atoms with Crippen LogP contribution in [0, 0.1) is 11.3 Å². The van der Waals surface area contributed by atoms with Gasteiger partial charge in [-0.05, 0) is 70.1 Å². The van der Waals surface area contributed by atoms with Crippen LogP contribution in [0.25, 0.3) is 0 Å². The first-order chi connectivity index (χ1) is 15.3. The van der Waals surface area contributed by atoms with Crippen molar-refractivity contribution < 1.29 is 9.53 Å². The summed E-state index contributed by atoms with van der Waals surface area (Å²) in [4.78, 5) is 18.4. The van der Waals surface area contributed by atoms with Crippen molar-refractivity contribution >= 4 is 23.3 Å². The average molecular weight is 434 g/mol. The number of benzene rings is 1. The van der Waals surface area contributed by atoms with E-state index in [-0.39, 0.29) is 6.09 Å². The SMILES string of the molecule is CC(C)(C)OC(=O)N1CCC(c2ccc(Nc3cc(NC4CC4)c(C#N)cn3)cc2)CC1. The monoisotopic (exact) mass is 433 g/mol. The zero-order chi connectivity index (χ0) is 22.7. The molecule has 1 saturated heterocycles. The van der Waals surface area contributed by atoms with Crippen molar-refractivity contribution in [3.63, 3.8) is 0 Å². The Balaban J connectivity index is 1.34. The summed E-state index contributed by atoms with van der Waals surface area (Å²) in [5, 5.41) is 16.0. The lowest BCUT2D eigenvalue weighted by Crippen LogP contribution is -2.41. The second-order valence-electron chi connectivity index (χ2n) is 9.63. The third-order valence-electron chi connectivity index (χ3n) is 5.76. The number of hydrogen-bond acceptors (Lipinski definition) is 6. The van der Waals surface area contributed by atoms with Crippen molar-refractivity contribution in [3.05, 3.63) is 47.7 Å². The molecule has 2 N–H and O–H groups in total. The van der Waals surface area contributed by atoms with Crippen molar-refractivity contribution in [1.29, 1.82) is 5.26 Å². The van der Waals surface area contributed by atoms with Crippen molar-refractivity contribution in [2.45, 2.75) is 64.0 Å². The highest BCUT2D eigenvalue weighted by Crippen LogP contribution is 2.31. The van der Waals surface area contributed by atoms with Crippen LogP contribution in [0.5, 0.6) is 0 Å². The third-order valence-corrected chi connectivity index (χ3v) is 5.76. The predicted octanol–water partition coefficient (Wildman–Crippen LogP) is 5.39. The second-order valence-corrected chi connectivity index (χ2v) is 9.63. The third kappa shape index (κ3) is 5.70. The van der Waals surface area contributed by atoms with Crippen LogP contribution in [0.1, 0.15) is 63.5 Å². The molecule has 1 aromatic carbocycles. The van der Waals surface area contributed by atoms with Crippen LogP contribution in [-0.4, -0.2) is 40.7 Å². The summed E-state index contributed by atoms with van der Waals surface area (Å²) in [5.41, 5.74) is 3.17. The molecule has 1 aliphatic heterocycles. The van der Waals surface area contributed by atoms with Gasteiger partial charge in [-0.3, -0.25) is 0 Å². The van der Waals surface area contributed by atoms with Gasteiger partial charge in [-0.15, -0.1) is 0 Å². The fourth-order valence-electron chi connectivity index (χ4n) is 3.89. The Kier molecular flexibility index (Phi) is 6.22. The molecular weight excluding hydrogens is 402 g/mol. The Morgan fingerprint density at radius 2 is 1.84 bits per heavy atom. The molecule has 1 saturated carbocycles. The lowest BCUT2D eigenvalue weighted by molar-refractivity contribution is 0.0205. The number of anilines is 3. The van der Waals surface area contributed by atoms with Crippen molar-refractivity contribution in [2.75, 3.05) is 23.7 Å². The maximum Gasteiger partial charge on any atom is 0.410 e. The fraction of sp³-hybridized carbons (Fsp3) is 0.480. The number of rotatable bonds is 5. The zero-order valence-electron chi connectivity index (χ0n) is 19.0. The van der Waals surface area contributed by atoms with Gasteiger partial charge in [-0.2, -0.15) is 5.26 Å². The number of likely N-dealkylation sites (tertiary alicyclic amines) is 1. The summed E-state index contributed by atoms with van der Waals surface area (Å²) in [6.07, 6.45) is 5.54. The quantitative estimate of drug-likeness (QED) is 0.657. The van der Waals surface area contributed by atoms with Gasteiger partial charge in [0.1, 0.15) is 17.5 Å². The van der Waals surface area contributed by atoms with Crippen LogP contribution < -0.4 is 10.6 Å². The number of amides is 1. The maximum atomic E-state index is 12.3. The van der Waals surface area contributed by atoms with Crippen LogP contribution >= 0.6 is 0 Å². The molecule has 168 valence electrons. The van der Waals surface area contributed by atoms with Crippen molar-refractivity contribution in [3.8, 4) is 6.07 Å². The van der Waals surface area contributed by atoms with Gasteiger partial charge in [0.25, 0.3) is 0 Å². The Morgan fingerprint density at radius 1 is 1.16 bits per heavy atom. The molecule has 1 aliphatic carbocycles. The van der Waals surface area contributed by atoms with Crippen LogP contribution in [0.2, 0.25) is 0 Å². The number of aromatic nitrogens is 1. The van der Waals surface area contributed by atoms with E-state index in [1.54, 1.807) is 6.20 Å². The second kappa shape index (κ2) is 9.07. The molecule has 0 spiro atoms. The highest BCUT2D eigenvalue weighted by atomic mass is 16.6. The molecule has 7 nitrogen and oxygen atoms in total. The van der Waals surface area contributed by atoms with Gasteiger partial charge in [0.2, 0.25) is 0 Å². The van der Waals surface area contributed by atoms with E-state index in [0.717, 1.165) is 37.1 Å². The Morgan fingerprint density at radius 3 is 2.44 bits per heavy atom. The van der Waals surface area contributed by atoms with Gasteiger partial charge in [-0.25, -0.2) is 9.78 Å². The minimum atomic E-state index is -0.463. The molecule has 1 amide bonds. The highest BCUT2D eigenvalue weighted by molar-refractivity contribution is 5.68. The normalized spacial score (nSPS) is 16.9. The topological polar surface area (TPSA) is 90.3 Å². The first kappa shape index (κ1) is 21.9. The number of carbonyl (C=O) groups excluding carboxylic acids is 1. The number of pyridine rings is 1. The van der Waals surface area contributed by atoms with Gasteiger partial charge in [0.05, 0.1) is 11.3 Å². The van der Waals surface area contributed by atoms with E-state index < -0.39 is 5.60 Å². The first-order valence-electron chi connectivity index (χ1n) is 11.3.